The van der Waals surface area contributed by atoms with Gasteiger partial charge in [0.25, 0.3) is 12.2 Å². The van der Waals surface area contributed by atoms with Crippen LogP contribution < -0.4 is 5.32 Å². The number of alkyl halides is 2. The normalized spacial score (nSPS) is 19.6. The molecule has 7 nitrogen and oxygen atoms in total. The van der Waals surface area contributed by atoms with Crippen LogP contribution in [-0.4, -0.2) is 30.4 Å². The quantitative estimate of drug-likeness (QED) is 0.526. The zero-order chi connectivity index (χ0) is 25.4. The summed E-state index contributed by atoms with van der Waals surface area (Å²) in [5.41, 5.74) is 1.16. The molecule has 3 atom stereocenters. The minimum atomic E-state index is -2.90. The number of benzene rings is 1. The number of nitrogens with zero attached hydrogens (tertiary/aromatic N) is 5. The number of aryl methyl sites for hydroxylation is 1. The fourth-order valence-corrected chi connectivity index (χ4v) is 4.84. The van der Waals surface area contributed by atoms with E-state index in [1.54, 1.807) is 6.92 Å². The van der Waals surface area contributed by atoms with Crippen molar-refractivity contribution in [2.24, 2.45) is 11.8 Å². The van der Waals surface area contributed by atoms with Crippen molar-refractivity contribution in [3.05, 3.63) is 52.2 Å². The van der Waals surface area contributed by atoms with Crippen LogP contribution >= 0.6 is 0 Å². The molecule has 0 saturated heterocycles. The fourth-order valence-electron chi connectivity index (χ4n) is 4.84. The summed E-state index contributed by atoms with van der Waals surface area (Å²) in [5, 5.41) is 11.4. The molecule has 0 bridgehead atoms. The van der Waals surface area contributed by atoms with Crippen molar-refractivity contribution in [3.8, 4) is 12.8 Å². The van der Waals surface area contributed by atoms with E-state index >= 15 is 0 Å². The van der Waals surface area contributed by atoms with Gasteiger partial charge in [0.05, 0.1) is 30.4 Å². The molecule has 1 aliphatic carbocycles. The van der Waals surface area contributed by atoms with E-state index in [1.165, 1.54) is 12.1 Å². The molecule has 1 aliphatic heterocycles. The Morgan fingerprint density at radius 1 is 1.17 bits per heavy atom. The SMILES string of the molecule is C#C.Cc1nnc2nc(NC(C)c3cccc(C(F)F)c3F)c3c(n12)CN(C(=O)C1CCC1C)C3. The summed E-state index contributed by atoms with van der Waals surface area (Å²) in [7, 11) is 0. The first-order chi connectivity index (χ1) is 16.8. The predicted molar refractivity (Wildman–Crippen MR) is 125 cm³/mol. The lowest BCUT2D eigenvalue weighted by Crippen LogP contribution is -2.40. The third-order valence-electron chi connectivity index (χ3n) is 6.98. The van der Waals surface area contributed by atoms with Crippen molar-refractivity contribution in [1.82, 2.24) is 24.5 Å². The number of halogens is 3. The van der Waals surface area contributed by atoms with Gasteiger partial charge in [-0.15, -0.1) is 23.0 Å². The number of carbonyl (C=O) groups is 1. The Morgan fingerprint density at radius 3 is 2.51 bits per heavy atom. The molecule has 2 aromatic heterocycles. The standard InChI is InChI=1S/C23H25F3N6O.C2H2/c1-11-7-8-14(11)22(33)31-9-17-18(10-31)32-13(3)29-30-23(32)28-21(17)27-12(2)15-5-4-6-16(19(15)24)20(25)26;1-2/h4-6,11-12,14,20H,7-10H2,1-3H3,(H,27,28,30);1-2H. The monoisotopic (exact) mass is 484 g/mol. The highest BCUT2D eigenvalue weighted by Gasteiger charge is 2.39. The molecule has 1 amide bonds. The van der Waals surface area contributed by atoms with Gasteiger partial charge in [-0.05, 0) is 32.6 Å². The van der Waals surface area contributed by atoms with Crippen molar-refractivity contribution in [2.45, 2.75) is 59.2 Å². The lowest BCUT2D eigenvalue weighted by Gasteiger charge is -2.35. The predicted octanol–water partition coefficient (Wildman–Crippen LogP) is 4.82. The largest absolute Gasteiger partial charge is 0.363 e. The molecule has 0 spiro atoms. The van der Waals surface area contributed by atoms with E-state index in [0.29, 0.717) is 36.4 Å². The number of rotatable bonds is 5. The molecule has 1 fully saturated rings. The van der Waals surface area contributed by atoms with E-state index in [1.807, 2.05) is 16.2 Å². The minimum Gasteiger partial charge on any atom is -0.363 e. The Hall–Kier alpha value is -3.61. The number of amides is 1. The Balaban J connectivity index is 0.00000141. The number of hydrogen-bond acceptors (Lipinski definition) is 5. The third-order valence-corrected chi connectivity index (χ3v) is 6.98. The Labute approximate surface area is 201 Å². The topological polar surface area (TPSA) is 75.4 Å². The number of anilines is 1. The van der Waals surface area contributed by atoms with Gasteiger partial charge in [-0.25, -0.2) is 13.2 Å². The summed E-state index contributed by atoms with van der Waals surface area (Å²) in [6.45, 7) is 6.38. The van der Waals surface area contributed by atoms with Crippen LogP contribution in [-0.2, 0) is 17.9 Å². The van der Waals surface area contributed by atoms with Gasteiger partial charge in [0.1, 0.15) is 17.5 Å². The number of nitrogens with one attached hydrogen (secondary N) is 1. The molecule has 5 rings (SSSR count). The highest BCUT2D eigenvalue weighted by Crippen LogP contribution is 2.39. The molecule has 3 aromatic rings. The zero-order valence-corrected chi connectivity index (χ0v) is 19.8. The van der Waals surface area contributed by atoms with Crippen molar-refractivity contribution in [3.63, 3.8) is 0 Å². The van der Waals surface area contributed by atoms with E-state index < -0.39 is 23.8 Å². The minimum absolute atomic E-state index is 0.0336. The number of terminal acetylenes is 1. The van der Waals surface area contributed by atoms with Gasteiger partial charge >= 0.3 is 0 Å². The zero-order valence-electron chi connectivity index (χ0n) is 19.8. The lowest BCUT2D eigenvalue weighted by molar-refractivity contribution is -0.141. The second-order valence-corrected chi connectivity index (χ2v) is 9.04. The number of fused-ring (bicyclic) bond motifs is 3. The van der Waals surface area contributed by atoms with E-state index in [0.717, 1.165) is 30.2 Å². The lowest BCUT2D eigenvalue weighted by atomic mass is 9.74. The highest BCUT2D eigenvalue weighted by atomic mass is 19.3. The maximum atomic E-state index is 14.7. The van der Waals surface area contributed by atoms with Gasteiger partial charge in [-0.1, -0.05) is 25.1 Å². The van der Waals surface area contributed by atoms with Crippen LogP contribution in [0.4, 0.5) is 19.0 Å². The Kier molecular flexibility index (Phi) is 6.70. The van der Waals surface area contributed by atoms with E-state index in [-0.39, 0.29) is 17.4 Å². The van der Waals surface area contributed by atoms with Crippen molar-refractivity contribution < 1.29 is 18.0 Å². The molecular weight excluding hydrogens is 457 g/mol. The maximum absolute atomic E-state index is 14.7. The first-order valence-electron chi connectivity index (χ1n) is 11.4. The summed E-state index contributed by atoms with van der Waals surface area (Å²) < 4.78 is 42.9. The van der Waals surface area contributed by atoms with Crippen LogP contribution in [0.25, 0.3) is 5.78 Å². The van der Waals surface area contributed by atoms with Crippen molar-refractivity contribution in [1.29, 1.82) is 0 Å². The first kappa shape index (κ1) is 24.5. The van der Waals surface area contributed by atoms with Crippen LogP contribution in [0.1, 0.15) is 67.4 Å². The molecule has 184 valence electrons. The molecule has 1 aromatic carbocycles. The average molecular weight is 485 g/mol. The molecule has 2 aliphatic rings. The second-order valence-electron chi connectivity index (χ2n) is 9.04. The summed E-state index contributed by atoms with van der Waals surface area (Å²) in [6.07, 6.45) is 7.05. The van der Waals surface area contributed by atoms with E-state index in [2.05, 4.69) is 40.3 Å². The summed E-state index contributed by atoms with van der Waals surface area (Å²) in [6, 6.07) is 3.35. The second kappa shape index (κ2) is 9.56. The number of hydrogen-bond donors (Lipinski definition) is 1. The molecule has 3 heterocycles. The van der Waals surface area contributed by atoms with Gasteiger partial charge < -0.3 is 10.2 Å². The molecule has 10 heteroatoms. The van der Waals surface area contributed by atoms with Gasteiger partial charge in [-0.2, -0.15) is 4.98 Å². The molecule has 0 radical (unpaired) electrons. The van der Waals surface area contributed by atoms with Crippen molar-refractivity contribution in [2.75, 3.05) is 5.32 Å². The smallest absolute Gasteiger partial charge is 0.266 e. The highest BCUT2D eigenvalue weighted by molar-refractivity contribution is 5.81. The van der Waals surface area contributed by atoms with Crippen LogP contribution in [0.15, 0.2) is 18.2 Å². The fraction of sp³-hybridized carbons (Fsp3) is 0.440. The van der Waals surface area contributed by atoms with Crippen LogP contribution in [0.3, 0.4) is 0 Å². The molecule has 3 unspecified atom stereocenters. The number of aromatic nitrogens is 4. The molecule has 1 N–H and O–H groups in total. The van der Waals surface area contributed by atoms with Gasteiger partial charge in [0, 0.05) is 17.0 Å². The van der Waals surface area contributed by atoms with Gasteiger partial charge in [0.2, 0.25) is 5.91 Å². The molecule has 35 heavy (non-hydrogen) atoms. The summed E-state index contributed by atoms with van der Waals surface area (Å²) in [5.74, 6) is 1.09. The molecular formula is C25H27F3N6O. The van der Waals surface area contributed by atoms with Gasteiger partial charge in [-0.3, -0.25) is 9.20 Å². The molecule has 1 saturated carbocycles. The summed E-state index contributed by atoms with van der Waals surface area (Å²) >= 11 is 0. The summed E-state index contributed by atoms with van der Waals surface area (Å²) in [4.78, 5) is 19.5. The van der Waals surface area contributed by atoms with Crippen LogP contribution in [0, 0.1) is 37.4 Å². The van der Waals surface area contributed by atoms with Crippen LogP contribution in [0.2, 0.25) is 0 Å². The van der Waals surface area contributed by atoms with Gasteiger partial charge in [0.15, 0.2) is 0 Å². The average Bonchev–Trinajstić information content (AvgIpc) is 3.43. The Morgan fingerprint density at radius 2 is 1.89 bits per heavy atom. The van der Waals surface area contributed by atoms with E-state index in [9.17, 15) is 18.0 Å². The number of carbonyl (C=O) groups excluding carboxylic acids is 1. The Bertz CT molecular complexity index is 1290. The van der Waals surface area contributed by atoms with Crippen LogP contribution in [0.5, 0.6) is 0 Å². The third kappa shape index (κ3) is 4.20. The maximum Gasteiger partial charge on any atom is 0.266 e. The van der Waals surface area contributed by atoms with E-state index in [4.69, 9.17) is 0 Å². The van der Waals surface area contributed by atoms with Crippen molar-refractivity contribution >= 4 is 17.5 Å². The first-order valence-corrected chi connectivity index (χ1v) is 11.4.